The normalized spacial score (nSPS) is 15.4. The van der Waals surface area contributed by atoms with Crippen molar-refractivity contribution in [2.75, 3.05) is 6.54 Å². The molecule has 0 aromatic rings. The molecular formula is C37H74N2. The summed E-state index contributed by atoms with van der Waals surface area (Å²) < 4.78 is 0. The largest absolute Gasteiger partial charge is 0.356 e. The molecule has 0 N–H and O–H groups in total. The molecule has 0 amide bonds. The fourth-order valence-corrected chi connectivity index (χ4v) is 6.42. The van der Waals surface area contributed by atoms with Gasteiger partial charge < -0.3 is 9.80 Å². The van der Waals surface area contributed by atoms with Gasteiger partial charge in [0, 0.05) is 25.0 Å². The van der Waals surface area contributed by atoms with Crippen molar-refractivity contribution in [3.05, 3.63) is 12.4 Å². The first-order chi connectivity index (χ1) is 19.2. The van der Waals surface area contributed by atoms with E-state index in [-0.39, 0.29) is 0 Å². The molecule has 2 nitrogen and oxygen atoms in total. The Balaban J connectivity index is 2.00. The van der Waals surface area contributed by atoms with E-state index in [2.05, 4.69) is 49.9 Å². The van der Waals surface area contributed by atoms with Gasteiger partial charge in [-0.1, -0.05) is 174 Å². The second-order valence-corrected chi connectivity index (χ2v) is 13.2. The molecule has 0 aromatic heterocycles. The number of rotatable bonds is 30. The Bertz CT molecular complexity index is 514. The molecule has 0 bridgehead atoms. The van der Waals surface area contributed by atoms with E-state index in [9.17, 15) is 0 Å². The second-order valence-electron chi connectivity index (χ2n) is 13.2. The highest BCUT2D eigenvalue weighted by Crippen LogP contribution is 2.25. The minimum atomic E-state index is 0.606. The van der Waals surface area contributed by atoms with Gasteiger partial charge in [0.15, 0.2) is 0 Å². The van der Waals surface area contributed by atoms with Crippen LogP contribution in [0.1, 0.15) is 207 Å². The third-order valence-corrected chi connectivity index (χ3v) is 9.09. The molecule has 0 radical (unpaired) electrons. The van der Waals surface area contributed by atoms with E-state index < -0.39 is 0 Å². The summed E-state index contributed by atoms with van der Waals surface area (Å²) in [5.74, 6) is 0. The van der Waals surface area contributed by atoms with Gasteiger partial charge >= 0.3 is 0 Å². The Hall–Kier alpha value is -0.660. The molecule has 1 aliphatic heterocycles. The third kappa shape index (κ3) is 20.8. The third-order valence-electron chi connectivity index (χ3n) is 9.09. The van der Waals surface area contributed by atoms with Gasteiger partial charge in [-0.25, -0.2) is 0 Å². The predicted octanol–water partition coefficient (Wildman–Crippen LogP) is 12.8. The van der Waals surface area contributed by atoms with Gasteiger partial charge in [-0.05, 0) is 33.1 Å². The summed E-state index contributed by atoms with van der Waals surface area (Å²) >= 11 is 0. The van der Waals surface area contributed by atoms with Crippen molar-refractivity contribution >= 4 is 0 Å². The number of hydrogen-bond donors (Lipinski definition) is 0. The summed E-state index contributed by atoms with van der Waals surface area (Å²) in [7, 11) is 0. The van der Waals surface area contributed by atoms with Gasteiger partial charge in [0.25, 0.3) is 0 Å². The maximum atomic E-state index is 2.67. The Morgan fingerprint density at radius 2 is 0.769 bits per heavy atom. The fraction of sp³-hybridized carbons (Fsp3) is 0.946. The summed E-state index contributed by atoms with van der Waals surface area (Å²) in [6.45, 7) is 10.6. The molecule has 2 heteroatoms. The summed E-state index contributed by atoms with van der Waals surface area (Å²) in [4.78, 5) is 5.28. The Morgan fingerprint density at radius 3 is 1.13 bits per heavy atom. The van der Waals surface area contributed by atoms with Crippen molar-refractivity contribution < 1.29 is 0 Å². The molecule has 1 rings (SSSR count). The first kappa shape index (κ1) is 36.4. The molecule has 0 saturated heterocycles. The average Bonchev–Trinajstić information content (AvgIpc) is 3.34. The second kappa shape index (κ2) is 27.5. The van der Waals surface area contributed by atoms with Gasteiger partial charge in [0.2, 0.25) is 0 Å². The van der Waals surface area contributed by atoms with Crippen LogP contribution in [0.25, 0.3) is 0 Å². The van der Waals surface area contributed by atoms with Crippen molar-refractivity contribution in [1.82, 2.24) is 9.80 Å². The van der Waals surface area contributed by atoms with Gasteiger partial charge in [-0.15, -0.1) is 0 Å². The van der Waals surface area contributed by atoms with Crippen LogP contribution < -0.4 is 0 Å². The number of unbranched alkanes of at least 4 members (excludes halogenated alkanes) is 25. The van der Waals surface area contributed by atoms with E-state index in [4.69, 9.17) is 0 Å². The lowest BCUT2D eigenvalue weighted by Gasteiger charge is -2.35. The van der Waals surface area contributed by atoms with E-state index in [0.29, 0.717) is 12.2 Å². The molecular weight excluding hydrogens is 472 g/mol. The van der Waals surface area contributed by atoms with Gasteiger partial charge in [0.05, 0.1) is 0 Å². The van der Waals surface area contributed by atoms with E-state index in [0.717, 1.165) is 0 Å². The molecule has 1 aliphatic rings. The van der Waals surface area contributed by atoms with Crippen LogP contribution in [0.3, 0.4) is 0 Å². The number of hydrogen-bond acceptors (Lipinski definition) is 2. The first-order valence-corrected chi connectivity index (χ1v) is 18.4. The van der Waals surface area contributed by atoms with Crippen molar-refractivity contribution in [3.63, 3.8) is 0 Å². The zero-order valence-electron chi connectivity index (χ0n) is 27.7. The first-order valence-electron chi connectivity index (χ1n) is 18.4. The lowest BCUT2D eigenvalue weighted by molar-refractivity contribution is 0.114. The van der Waals surface area contributed by atoms with Crippen LogP contribution in [0, 0.1) is 0 Å². The summed E-state index contributed by atoms with van der Waals surface area (Å²) in [5, 5.41) is 0. The van der Waals surface area contributed by atoms with Crippen LogP contribution >= 0.6 is 0 Å². The fourth-order valence-electron chi connectivity index (χ4n) is 6.42. The van der Waals surface area contributed by atoms with Crippen molar-refractivity contribution in [1.29, 1.82) is 0 Å². The molecule has 0 aliphatic carbocycles. The summed E-state index contributed by atoms with van der Waals surface area (Å²) in [6.07, 6.45) is 45.7. The molecule has 1 heterocycles. The van der Waals surface area contributed by atoms with Crippen LogP contribution in [0.4, 0.5) is 0 Å². The Kier molecular flexibility index (Phi) is 25.6. The van der Waals surface area contributed by atoms with Crippen molar-refractivity contribution in [3.8, 4) is 0 Å². The molecule has 232 valence electrons. The molecule has 0 saturated carbocycles. The Labute approximate surface area is 248 Å². The Morgan fingerprint density at radius 1 is 0.436 bits per heavy atom. The van der Waals surface area contributed by atoms with Crippen LogP contribution in [-0.4, -0.2) is 28.6 Å². The van der Waals surface area contributed by atoms with E-state index in [1.807, 2.05) is 0 Å². The van der Waals surface area contributed by atoms with Crippen LogP contribution in [0.5, 0.6) is 0 Å². The van der Waals surface area contributed by atoms with E-state index >= 15 is 0 Å². The molecule has 1 unspecified atom stereocenters. The lowest BCUT2D eigenvalue weighted by atomic mass is 10.0. The number of nitrogens with zero attached hydrogens (tertiary/aromatic N) is 2. The minimum absolute atomic E-state index is 0.606. The van der Waals surface area contributed by atoms with Crippen molar-refractivity contribution in [2.45, 2.75) is 220 Å². The van der Waals surface area contributed by atoms with Gasteiger partial charge in [-0.2, -0.15) is 0 Å². The average molecular weight is 547 g/mol. The zero-order chi connectivity index (χ0) is 28.2. The lowest BCUT2D eigenvalue weighted by Crippen LogP contribution is -2.42. The van der Waals surface area contributed by atoms with Crippen LogP contribution in [-0.2, 0) is 0 Å². The molecule has 39 heavy (non-hydrogen) atoms. The molecule has 0 spiro atoms. The van der Waals surface area contributed by atoms with E-state index in [1.54, 1.807) is 0 Å². The highest BCUT2D eigenvalue weighted by molar-refractivity contribution is 4.98. The molecule has 1 atom stereocenters. The predicted molar refractivity (Wildman–Crippen MR) is 177 cm³/mol. The monoisotopic (exact) mass is 547 g/mol. The highest BCUT2D eigenvalue weighted by atomic mass is 15.4. The SMILES string of the molecule is CCCCCCCCCCCCCCCCCC1N(CCCCCCCCCCCCCC)C=CN1C(C)C. The molecule has 0 aromatic carbocycles. The molecule has 0 fully saturated rings. The topological polar surface area (TPSA) is 6.48 Å². The smallest absolute Gasteiger partial charge is 0.101 e. The summed E-state index contributed by atoms with van der Waals surface area (Å²) in [5.41, 5.74) is 0. The maximum Gasteiger partial charge on any atom is 0.101 e. The van der Waals surface area contributed by atoms with Gasteiger partial charge in [-0.3, -0.25) is 0 Å². The quantitative estimate of drug-likeness (QED) is 0.0826. The van der Waals surface area contributed by atoms with Crippen molar-refractivity contribution in [2.24, 2.45) is 0 Å². The van der Waals surface area contributed by atoms with E-state index in [1.165, 1.54) is 186 Å². The standard InChI is InChI=1S/C37H74N2/c1-5-7-9-11-13-15-17-19-20-21-22-24-26-28-30-32-37-38(34-35-39(37)36(3)4)33-31-29-27-25-23-18-16-14-12-10-8-6-2/h34-37H,5-33H2,1-4H3. The van der Waals surface area contributed by atoms with Crippen LogP contribution in [0.15, 0.2) is 12.4 Å². The minimum Gasteiger partial charge on any atom is -0.356 e. The maximum absolute atomic E-state index is 2.67. The zero-order valence-corrected chi connectivity index (χ0v) is 27.7. The highest BCUT2D eigenvalue weighted by Gasteiger charge is 2.26. The van der Waals surface area contributed by atoms with Gasteiger partial charge in [0.1, 0.15) is 6.17 Å². The summed E-state index contributed by atoms with van der Waals surface area (Å²) in [6, 6.07) is 0.606. The van der Waals surface area contributed by atoms with Crippen LogP contribution in [0.2, 0.25) is 0 Å².